The summed E-state index contributed by atoms with van der Waals surface area (Å²) in [5, 5.41) is 12.1. The molecule has 2 N–H and O–H groups in total. The minimum Gasteiger partial charge on any atom is -0.480 e. The van der Waals surface area contributed by atoms with Crippen molar-refractivity contribution in [1.82, 2.24) is 5.32 Å². The van der Waals surface area contributed by atoms with Crippen LogP contribution in [0.1, 0.15) is 59.7 Å². The number of benzene rings is 3. The summed E-state index contributed by atoms with van der Waals surface area (Å²) in [6.45, 7) is 4.46. The molecule has 41 heavy (non-hydrogen) atoms. The van der Waals surface area contributed by atoms with E-state index in [4.69, 9.17) is 4.74 Å². The summed E-state index contributed by atoms with van der Waals surface area (Å²) >= 11 is 3.54. The maximum Gasteiger partial charge on any atom is 0.326 e. The molecule has 9 heteroatoms. The van der Waals surface area contributed by atoms with Crippen LogP contribution in [0.25, 0.3) is 11.1 Å². The SMILES string of the molecule is CCCC[C@H](Cc1cccc(Br)c1)OCc1ccc(C(=O)N[C@@H](CCS(C)(=O)=O)C(=O)O)c(-c2ccccc2C)c1. The van der Waals surface area contributed by atoms with Crippen LogP contribution in [0.15, 0.2) is 71.2 Å². The molecule has 0 unspecified atom stereocenters. The first-order valence-corrected chi connectivity index (χ1v) is 16.6. The average Bonchev–Trinajstić information content (AvgIpc) is 2.92. The van der Waals surface area contributed by atoms with Gasteiger partial charge in [-0.05, 0) is 78.3 Å². The Bertz CT molecular complexity index is 1460. The Hall–Kier alpha value is -3.01. The molecule has 0 saturated carbocycles. The molecular weight excluding hydrogens is 606 g/mol. The molecule has 7 nitrogen and oxygen atoms in total. The van der Waals surface area contributed by atoms with Gasteiger partial charge in [0.25, 0.3) is 5.91 Å². The van der Waals surface area contributed by atoms with Crippen LogP contribution in [-0.4, -0.2) is 49.6 Å². The van der Waals surface area contributed by atoms with Crippen LogP contribution in [0.3, 0.4) is 0 Å². The second kappa shape index (κ2) is 15.3. The third kappa shape index (κ3) is 10.4. The highest BCUT2D eigenvalue weighted by atomic mass is 79.9. The monoisotopic (exact) mass is 643 g/mol. The molecule has 0 aliphatic heterocycles. The first-order valence-electron chi connectivity index (χ1n) is 13.7. The minimum absolute atomic E-state index is 0.0281. The molecule has 0 aliphatic rings. The topological polar surface area (TPSA) is 110 Å². The number of nitrogens with one attached hydrogen (secondary N) is 1. The van der Waals surface area contributed by atoms with E-state index in [9.17, 15) is 23.1 Å². The van der Waals surface area contributed by atoms with Crippen molar-refractivity contribution in [2.75, 3.05) is 12.0 Å². The van der Waals surface area contributed by atoms with E-state index in [1.807, 2.05) is 55.5 Å². The molecule has 1 amide bonds. The Labute approximate surface area is 251 Å². The number of ether oxygens (including phenoxy) is 1. The number of carbonyl (C=O) groups excluding carboxylic acids is 1. The minimum atomic E-state index is -3.39. The first kappa shape index (κ1) is 32.5. The van der Waals surface area contributed by atoms with Gasteiger partial charge in [-0.2, -0.15) is 0 Å². The Morgan fingerprint density at radius 3 is 2.39 bits per heavy atom. The molecule has 0 aliphatic carbocycles. The predicted molar refractivity (Wildman–Crippen MR) is 166 cm³/mol. The van der Waals surface area contributed by atoms with E-state index in [2.05, 4.69) is 40.3 Å². The predicted octanol–water partition coefficient (Wildman–Crippen LogP) is 6.36. The molecule has 0 saturated heterocycles. The lowest BCUT2D eigenvalue weighted by molar-refractivity contribution is -0.139. The van der Waals surface area contributed by atoms with Crippen molar-refractivity contribution in [1.29, 1.82) is 0 Å². The molecule has 0 fully saturated rings. The van der Waals surface area contributed by atoms with Gasteiger partial charge in [-0.3, -0.25) is 4.79 Å². The van der Waals surface area contributed by atoms with Crippen LogP contribution in [0.5, 0.6) is 0 Å². The third-order valence-electron chi connectivity index (χ3n) is 6.86. The van der Waals surface area contributed by atoms with E-state index in [-0.39, 0.29) is 18.3 Å². The van der Waals surface area contributed by atoms with E-state index >= 15 is 0 Å². The highest BCUT2D eigenvalue weighted by Gasteiger charge is 2.24. The quantitative estimate of drug-likeness (QED) is 0.199. The van der Waals surface area contributed by atoms with E-state index in [1.54, 1.807) is 6.07 Å². The number of carboxylic acid groups (broad SMARTS) is 1. The number of aliphatic carboxylic acids is 1. The van der Waals surface area contributed by atoms with Gasteiger partial charge in [0, 0.05) is 16.3 Å². The van der Waals surface area contributed by atoms with Gasteiger partial charge < -0.3 is 15.2 Å². The first-order chi connectivity index (χ1) is 19.5. The number of hydrogen-bond donors (Lipinski definition) is 2. The van der Waals surface area contributed by atoms with Crippen LogP contribution in [0, 0.1) is 6.92 Å². The van der Waals surface area contributed by atoms with Crippen LogP contribution >= 0.6 is 15.9 Å². The molecule has 0 aromatic heterocycles. The summed E-state index contributed by atoms with van der Waals surface area (Å²) in [5.41, 5.74) is 4.86. The molecule has 220 valence electrons. The number of aryl methyl sites for hydroxylation is 1. The summed E-state index contributed by atoms with van der Waals surface area (Å²) in [6.07, 6.45) is 4.68. The number of amides is 1. The maximum atomic E-state index is 13.4. The van der Waals surface area contributed by atoms with Gasteiger partial charge in [-0.25, -0.2) is 13.2 Å². The average molecular weight is 645 g/mol. The lowest BCUT2D eigenvalue weighted by Gasteiger charge is -2.20. The highest BCUT2D eigenvalue weighted by molar-refractivity contribution is 9.10. The van der Waals surface area contributed by atoms with Gasteiger partial charge in [0.15, 0.2) is 0 Å². The van der Waals surface area contributed by atoms with Crippen molar-refractivity contribution in [3.63, 3.8) is 0 Å². The van der Waals surface area contributed by atoms with Crippen molar-refractivity contribution in [2.45, 2.75) is 64.7 Å². The van der Waals surface area contributed by atoms with Crippen molar-refractivity contribution in [3.8, 4) is 11.1 Å². The van der Waals surface area contributed by atoms with E-state index < -0.39 is 27.8 Å². The summed E-state index contributed by atoms with van der Waals surface area (Å²) in [6, 6.07) is 20.0. The standard InChI is InChI=1S/C32H38BrNO6S/c1-4-5-12-26(19-23-10-8-11-25(33)18-23)40-21-24-14-15-28(29(20-24)27-13-7-6-9-22(27)2)31(35)34-30(32(36)37)16-17-41(3,38)39/h6-11,13-15,18,20,26,30H,4-5,12,16-17,19,21H2,1-3H3,(H,34,35)(H,36,37)/t26-,30+/m1/s1. The lowest BCUT2D eigenvalue weighted by atomic mass is 9.93. The van der Waals surface area contributed by atoms with Gasteiger partial charge >= 0.3 is 5.97 Å². The van der Waals surface area contributed by atoms with E-state index in [0.717, 1.165) is 53.1 Å². The number of carboxylic acids is 1. The Morgan fingerprint density at radius 2 is 1.73 bits per heavy atom. The lowest BCUT2D eigenvalue weighted by Crippen LogP contribution is -2.42. The van der Waals surface area contributed by atoms with Crippen molar-refractivity contribution in [3.05, 3.63) is 93.5 Å². The molecule has 3 aromatic carbocycles. The van der Waals surface area contributed by atoms with Crippen molar-refractivity contribution >= 4 is 37.6 Å². The zero-order valence-corrected chi connectivity index (χ0v) is 26.1. The fourth-order valence-corrected chi connectivity index (χ4v) is 5.73. The zero-order chi connectivity index (χ0) is 30.0. The smallest absolute Gasteiger partial charge is 0.326 e. The van der Waals surface area contributed by atoms with Gasteiger partial charge in [0.05, 0.1) is 18.5 Å². The van der Waals surface area contributed by atoms with Gasteiger partial charge in [-0.1, -0.05) is 78.2 Å². The molecule has 0 heterocycles. The molecule has 0 bridgehead atoms. The fourth-order valence-electron chi connectivity index (χ4n) is 4.62. The maximum absolute atomic E-state index is 13.4. The molecule has 2 atom stereocenters. The zero-order valence-electron chi connectivity index (χ0n) is 23.7. The van der Waals surface area contributed by atoms with Crippen molar-refractivity contribution < 1.29 is 27.9 Å². The van der Waals surface area contributed by atoms with Gasteiger partial charge in [0.1, 0.15) is 15.9 Å². The van der Waals surface area contributed by atoms with E-state index in [1.165, 1.54) is 5.56 Å². The number of rotatable bonds is 15. The number of carbonyl (C=O) groups is 2. The van der Waals surface area contributed by atoms with Gasteiger partial charge in [-0.15, -0.1) is 0 Å². The molecule has 0 spiro atoms. The molecule has 3 aromatic rings. The van der Waals surface area contributed by atoms with Gasteiger partial charge in [0.2, 0.25) is 0 Å². The normalized spacial score (nSPS) is 13.0. The second-order valence-electron chi connectivity index (χ2n) is 10.4. The second-order valence-corrected chi connectivity index (χ2v) is 13.6. The highest BCUT2D eigenvalue weighted by Crippen LogP contribution is 2.29. The van der Waals surface area contributed by atoms with Crippen LogP contribution in [0.2, 0.25) is 0 Å². The molecule has 0 radical (unpaired) electrons. The Balaban J connectivity index is 1.87. The summed E-state index contributed by atoms with van der Waals surface area (Å²) in [5.74, 6) is -2.20. The summed E-state index contributed by atoms with van der Waals surface area (Å²) in [7, 11) is -3.39. The number of hydrogen-bond acceptors (Lipinski definition) is 5. The van der Waals surface area contributed by atoms with Crippen LogP contribution < -0.4 is 5.32 Å². The molecule has 3 rings (SSSR count). The fraction of sp³-hybridized carbons (Fsp3) is 0.375. The third-order valence-corrected chi connectivity index (χ3v) is 8.33. The van der Waals surface area contributed by atoms with Crippen LogP contribution in [-0.2, 0) is 32.4 Å². The molecular formula is C32H38BrNO6S. The Morgan fingerprint density at radius 1 is 0.976 bits per heavy atom. The van der Waals surface area contributed by atoms with Crippen LogP contribution in [0.4, 0.5) is 0 Å². The number of sulfone groups is 1. The number of halogens is 1. The number of unbranched alkanes of at least 4 members (excludes halogenated alkanes) is 1. The van der Waals surface area contributed by atoms with Crippen molar-refractivity contribution in [2.24, 2.45) is 0 Å². The van der Waals surface area contributed by atoms with E-state index in [0.29, 0.717) is 17.7 Å². The Kier molecular flexibility index (Phi) is 12.1. The summed E-state index contributed by atoms with van der Waals surface area (Å²) in [4.78, 5) is 25.1. The summed E-state index contributed by atoms with van der Waals surface area (Å²) < 4.78 is 30.6. The largest absolute Gasteiger partial charge is 0.480 e.